The topological polar surface area (TPSA) is 91.9 Å². The SMILES string of the molecule is CCOC(=O)c1c(-n2c(C)cc(/C=c3\sc4n(c3=O)[C@H](c3ccccc3)C(C(=O)OC)=C(CC)N=4)c2C)sc2c1CCCC2. The maximum Gasteiger partial charge on any atom is 0.341 e. The van der Waals surface area contributed by atoms with E-state index in [1.807, 2.05) is 70.2 Å². The van der Waals surface area contributed by atoms with Crippen molar-refractivity contribution in [3.05, 3.63) is 106 Å². The van der Waals surface area contributed by atoms with E-state index < -0.39 is 12.0 Å². The van der Waals surface area contributed by atoms with E-state index in [-0.39, 0.29) is 11.5 Å². The van der Waals surface area contributed by atoms with Gasteiger partial charge in [0.05, 0.1) is 41.1 Å². The molecular formula is C34H35N3O5S2. The molecule has 0 saturated carbocycles. The summed E-state index contributed by atoms with van der Waals surface area (Å²) in [6.45, 7) is 8.13. The predicted octanol–water partition coefficient (Wildman–Crippen LogP) is 5.32. The summed E-state index contributed by atoms with van der Waals surface area (Å²) < 4.78 is 14.9. The molecule has 6 rings (SSSR count). The zero-order valence-electron chi connectivity index (χ0n) is 25.6. The van der Waals surface area contributed by atoms with Gasteiger partial charge in [0.25, 0.3) is 5.56 Å². The highest BCUT2D eigenvalue weighted by molar-refractivity contribution is 7.15. The lowest BCUT2D eigenvalue weighted by molar-refractivity contribution is -0.136. The highest BCUT2D eigenvalue weighted by Gasteiger charge is 2.34. The van der Waals surface area contributed by atoms with Gasteiger partial charge in [0.2, 0.25) is 0 Å². The molecule has 228 valence electrons. The van der Waals surface area contributed by atoms with E-state index in [2.05, 4.69) is 4.57 Å². The van der Waals surface area contributed by atoms with Crippen molar-refractivity contribution in [3.8, 4) is 5.00 Å². The van der Waals surface area contributed by atoms with E-state index in [4.69, 9.17) is 14.5 Å². The quantitative estimate of drug-likeness (QED) is 0.258. The van der Waals surface area contributed by atoms with Crippen LogP contribution in [0.5, 0.6) is 0 Å². The van der Waals surface area contributed by atoms with Gasteiger partial charge in [0.1, 0.15) is 5.00 Å². The lowest BCUT2D eigenvalue weighted by atomic mass is 9.95. The number of allylic oxidation sites excluding steroid dienone is 1. The van der Waals surface area contributed by atoms with Gasteiger partial charge in [-0.15, -0.1) is 11.3 Å². The second kappa shape index (κ2) is 12.2. The molecule has 1 atom stereocenters. The average Bonchev–Trinajstić information content (AvgIpc) is 3.66. The normalized spacial score (nSPS) is 16.4. The van der Waals surface area contributed by atoms with Crippen LogP contribution < -0.4 is 14.9 Å². The smallest absolute Gasteiger partial charge is 0.341 e. The van der Waals surface area contributed by atoms with Crippen molar-refractivity contribution in [1.29, 1.82) is 0 Å². The molecule has 0 radical (unpaired) electrons. The minimum absolute atomic E-state index is 0.220. The van der Waals surface area contributed by atoms with Crippen molar-refractivity contribution in [2.45, 2.75) is 65.8 Å². The third-order valence-corrected chi connectivity index (χ3v) is 10.6. The lowest BCUT2D eigenvalue weighted by Gasteiger charge is -2.25. The molecule has 4 aromatic rings. The Labute approximate surface area is 263 Å². The van der Waals surface area contributed by atoms with Gasteiger partial charge in [-0.1, -0.05) is 48.6 Å². The summed E-state index contributed by atoms with van der Waals surface area (Å²) >= 11 is 2.98. The molecule has 0 unspecified atom stereocenters. The van der Waals surface area contributed by atoms with E-state index in [1.54, 1.807) is 15.9 Å². The van der Waals surface area contributed by atoms with Crippen LogP contribution in [0, 0.1) is 13.8 Å². The number of hydrogen-bond acceptors (Lipinski definition) is 8. The highest BCUT2D eigenvalue weighted by Crippen LogP contribution is 2.39. The third-order valence-electron chi connectivity index (χ3n) is 8.36. The number of benzene rings is 1. The van der Waals surface area contributed by atoms with Gasteiger partial charge >= 0.3 is 11.9 Å². The molecule has 3 aromatic heterocycles. The van der Waals surface area contributed by atoms with Gasteiger partial charge in [-0.05, 0) is 81.7 Å². The number of ether oxygens (including phenoxy) is 2. The number of hydrogen-bond donors (Lipinski definition) is 0. The first-order chi connectivity index (χ1) is 21.3. The first-order valence-corrected chi connectivity index (χ1v) is 16.6. The van der Waals surface area contributed by atoms with Crippen LogP contribution in [-0.2, 0) is 27.1 Å². The highest BCUT2D eigenvalue weighted by atomic mass is 32.1. The van der Waals surface area contributed by atoms with Crippen LogP contribution in [0.4, 0.5) is 0 Å². The lowest BCUT2D eigenvalue weighted by Crippen LogP contribution is -2.40. The van der Waals surface area contributed by atoms with Crippen LogP contribution in [0.1, 0.15) is 82.5 Å². The van der Waals surface area contributed by atoms with Gasteiger partial charge in [0.15, 0.2) is 4.80 Å². The number of carbonyl (C=O) groups is 2. The number of aromatic nitrogens is 2. The molecule has 1 aliphatic carbocycles. The first kappa shape index (κ1) is 30.0. The Morgan fingerprint density at radius 1 is 1.07 bits per heavy atom. The summed E-state index contributed by atoms with van der Waals surface area (Å²) in [4.78, 5) is 47.0. The Hall–Kier alpha value is -4.02. The first-order valence-electron chi connectivity index (χ1n) is 15.0. The van der Waals surface area contributed by atoms with Crippen molar-refractivity contribution in [3.63, 3.8) is 0 Å². The van der Waals surface area contributed by atoms with Crippen LogP contribution in [0.15, 0.2) is 57.5 Å². The molecule has 0 fully saturated rings. The molecule has 8 nitrogen and oxygen atoms in total. The third kappa shape index (κ3) is 4.99. The van der Waals surface area contributed by atoms with Crippen LogP contribution in [0.2, 0.25) is 0 Å². The fourth-order valence-electron chi connectivity index (χ4n) is 6.33. The number of nitrogens with zero attached hydrogens (tertiary/aromatic N) is 3. The number of esters is 2. The van der Waals surface area contributed by atoms with E-state index in [0.29, 0.717) is 39.2 Å². The van der Waals surface area contributed by atoms with Crippen molar-refractivity contribution in [2.75, 3.05) is 13.7 Å². The molecular weight excluding hydrogens is 595 g/mol. The molecule has 0 bridgehead atoms. The Morgan fingerprint density at radius 3 is 2.52 bits per heavy atom. The molecule has 0 amide bonds. The molecule has 0 spiro atoms. The fraction of sp³-hybridized carbons (Fsp3) is 0.353. The Kier molecular flexibility index (Phi) is 8.30. The number of methoxy groups -OCH3 is 1. The Balaban J connectivity index is 1.52. The van der Waals surface area contributed by atoms with Crippen LogP contribution >= 0.6 is 22.7 Å². The summed E-state index contributed by atoms with van der Waals surface area (Å²) in [5, 5.41) is 0.880. The molecule has 1 aliphatic heterocycles. The second-order valence-corrected chi connectivity index (χ2v) is 13.1. The number of carbonyl (C=O) groups excluding carboxylic acids is 2. The number of aryl methyl sites for hydroxylation is 2. The van der Waals surface area contributed by atoms with Gasteiger partial charge < -0.3 is 14.0 Å². The summed E-state index contributed by atoms with van der Waals surface area (Å²) in [5.41, 5.74) is 6.16. The molecule has 1 aromatic carbocycles. The second-order valence-electron chi connectivity index (χ2n) is 11.0. The minimum Gasteiger partial charge on any atom is -0.466 e. The molecule has 4 heterocycles. The molecule has 2 aliphatic rings. The molecule has 10 heteroatoms. The summed E-state index contributed by atoms with van der Waals surface area (Å²) in [5.74, 6) is -0.772. The number of fused-ring (bicyclic) bond motifs is 2. The molecule has 0 saturated heterocycles. The van der Waals surface area contributed by atoms with Crippen LogP contribution in [0.25, 0.3) is 11.1 Å². The molecule has 0 N–H and O–H groups in total. The minimum atomic E-state index is -0.644. The largest absolute Gasteiger partial charge is 0.466 e. The number of rotatable bonds is 7. The van der Waals surface area contributed by atoms with Crippen LogP contribution in [-0.4, -0.2) is 34.8 Å². The summed E-state index contributed by atoms with van der Waals surface area (Å²) in [7, 11) is 1.35. The maximum atomic E-state index is 14.1. The number of thiazole rings is 1. The van der Waals surface area contributed by atoms with Crippen molar-refractivity contribution >= 4 is 40.7 Å². The van der Waals surface area contributed by atoms with Gasteiger partial charge in [-0.25, -0.2) is 14.6 Å². The monoisotopic (exact) mass is 629 g/mol. The zero-order chi connectivity index (χ0) is 31.1. The Morgan fingerprint density at radius 2 is 1.82 bits per heavy atom. The van der Waals surface area contributed by atoms with E-state index in [0.717, 1.165) is 58.8 Å². The van der Waals surface area contributed by atoms with Crippen molar-refractivity contribution in [2.24, 2.45) is 4.99 Å². The van der Waals surface area contributed by atoms with Gasteiger partial charge in [-0.2, -0.15) is 0 Å². The van der Waals surface area contributed by atoms with Gasteiger partial charge in [0, 0.05) is 16.3 Å². The zero-order valence-corrected chi connectivity index (χ0v) is 27.2. The van der Waals surface area contributed by atoms with E-state index >= 15 is 0 Å². The van der Waals surface area contributed by atoms with Crippen molar-refractivity contribution < 1.29 is 19.1 Å². The number of thiophene rings is 1. The standard InChI is InChI=1S/C34H35N3O5S2/c1-6-24-28(32(39)41-5)29(21-13-9-8-10-14-21)37-30(38)26(44-34(37)35-24)18-22-17-19(3)36(20(22)4)31-27(33(40)42-7-2)23-15-11-12-16-25(23)43-31/h8-10,13-14,17-18,29H,6-7,11-12,15-16H2,1-5H3/b26-18-/t29-/m1/s1. The Bertz CT molecular complexity index is 1990. The van der Waals surface area contributed by atoms with Gasteiger partial charge in [-0.3, -0.25) is 9.36 Å². The summed E-state index contributed by atoms with van der Waals surface area (Å²) in [6, 6.07) is 10.9. The van der Waals surface area contributed by atoms with Crippen molar-refractivity contribution in [1.82, 2.24) is 9.13 Å². The predicted molar refractivity (Wildman–Crippen MR) is 173 cm³/mol. The van der Waals surface area contributed by atoms with E-state index in [9.17, 15) is 14.4 Å². The molecule has 44 heavy (non-hydrogen) atoms. The summed E-state index contributed by atoms with van der Waals surface area (Å²) in [6.07, 6.45) is 6.45. The maximum absolute atomic E-state index is 14.1. The fourth-order valence-corrected chi connectivity index (χ4v) is 8.82. The van der Waals surface area contributed by atoms with Crippen LogP contribution in [0.3, 0.4) is 0 Å². The van der Waals surface area contributed by atoms with E-state index in [1.165, 1.54) is 23.3 Å². The average molecular weight is 630 g/mol.